The third kappa shape index (κ3) is 3.51. The number of ether oxygens (including phenoxy) is 2. The maximum Gasteiger partial charge on any atom is 0.341 e. The van der Waals surface area contributed by atoms with Gasteiger partial charge in [-0.2, -0.15) is 0 Å². The van der Waals surface area contributed by atoms with Crippen LogP contribution in [0.3, 0.4) is 0 Å². The number of nitrogens with zero attached hydrogens (tertiary/aromatic N) is 1. The third-order valence-corrected chi connectivity index (χ3v) is 4.09. The second-order valence-electron chi connectivity index (χ2n) is 5.43. The summed E-state index contributed by atoms with van der Waals surface area (Å²) in [7, 11) is 1.42. The number of fused-ring (bicyclic) bond motifs is 1. The molecule has 2 aliphatic rings. The fourth-order valence-corrected chi connectivity index (χ4v) is 2.93. The van der Waals surface area contributed by atoms with Crippen molar-refractivity contribution in [2.45, 2.75) is 31.8 Å². The van der Waals surface area contributed by atoms with Crippen LogP contribution in [0.5, 0.6) is 0 Å². The van der Waals surface area contributed by atoms with Crippen LogP contribution in [0.1, 0.15) is 34.3 Å². The van der Waals surface area contributed by atoms with E-state index in [2.05, 4.69) is 15.6 Å². The summed E-state index contributed by atoms with van der Waals surface area (Å²) in [5.41, 5.74) is 2.74. The number of hydrogen-bond donors (Lipinski definition) is 2. The molecule has 6 nitrogen and oxygen atoms in total. The van der Waals surface area contributed by atoms with Gasteiger partial charge in [-0.25, -0.2) is 9.78 Å². The lowest BCUT2D eigenvalue weighted by Gasteiger charge is -2.26. The van der Waals surface area contributed by atoms with Gasteiger partial charge in [-0.1, -0.05) is 0 Å². The van der Waals surface area contributed by atoms with Crippen molar-refractivity contribution in [3.05, 3.63) is 22.9 Å². The lowest BCUT2D eigenvalue weighted by atomic mass is 9.97. The monoisotopic (exact) mass is 327 g/mol. The maximum atomic E-state index is 12.2. The number of anilines is 1. The van der Waals surface area contributed by atoms with Crippen molar-refractivity contribution in [2.75, 3.05) is 32.2 Å². The summed E-state index contributed by atoms with van der Waals surface area (Å²) in [6, 6.07) is 0.300. The van der Waals surface area contributed by atoms with Crippen molar-refractivity contribution in [1.29, 1.82) is 0 Å². The second kappa shape index (κ2) is 7.76. The molecule has 7 heteroatoms. The number of aromatic nitrogens is 1. The lowest BCUT2D eigenvalue weighted by Crippen LogP contribution is -2.31. The van der Waals surface area contributed by atoms with E-state index in [1.54, 1.807) is 0 Å². The number of carbonyl (C=O) groups excluding carboxylic acids is 1. The molecule has 0 unspecified atom stereocenters. The Morgan fingerprint density at radius 1 is 1.45 bits per heavy atom. The average molecular weight is 328 g/mol. The van der Waals surface area contributed by atoms with E-state index in [0.717, 1.165) is 56.7 Å². The van der Waals surface area contributed by atoms with Crippen molar-refractivity contribution in [2.24, 2.45) is 0 Å². The van der Waals surface area contributed by atoms with Gasteiger partial charge in [0.05, 0.1) is 7.11 Å². The first-order chi connectivity index (χ1) is 10.3. The number of halogens is 1. The molecule has 1 aromatic heterocycles. The highest BCUT2D eigenvalue weighted by atomic mass is 35.5. The van der Waals surface area contributed by atoms with Gasteiger partial charge >= 0.3 is 5.97 Å². The van der Waals surface area contributed by atoms with Crippen LogP contribution in [-0.2, 0) is 22.4 Å². The molecule has 0 bridgehead atoms. The molecular formula is C15H22ClN3O3. The SMILES string of the molecule is COC(=O)c1c(NC2CCOCC2)ncc2c1CCNC2.Cl. The van der Waals surface area contributed by atoms with Crippen molar-refractivity contribution < 1.29 is 14.3 Å². The highest BCUT2D eigenvalue weighted by Crippen LogP contribution is 2.26. The summed E-state index contributed by atoms with van der Waals surface area (Å²) in [5, 5.41) is 6.70. The molecule has 1 fully saturated rings. The summed E-state index contributed by atoms with van der Waals surface area (Å²) < 4.78 is 10.3. The zero-order valence-corrected chi connectivity index (χ0v) is 13.5. The normalized spacial score (nSPS) is 18.0. The average Bonchev–Trinajstić information content (AvgIpc) is 2.55. The molecule has 0 amide bonds. The third-order valence-electron chi connectivity index (χ3n) is 4.09. The molecule has 3 heterocycles. The van der Waals surface area contributed by atoms with E-state index in [-0.39, 0.29) is 18.4 Å². The van der Waals surface area contributed by atoms with Crippen LogP contribution in [0.2, 0.25) is 0 Å². The molecule has 122 valence electrons. The summed E-state index contributed by atoms with van der Waals surface area (Å²) in [4.78, 5) is 16.7. The number of rotatable bonds is 3. The molecule has 3 rings (SSSR count). The molecule has 22 heavy (non-hydrogen) atoms. The molecule has 0 spiro atoms. The molecule has 2 aliphatic heterocycles. The van der Waals surface area contributed by atoms with Gasteiger partial charge in [-0.3, -0.25) is 0 Å². The number of esters is 1. The number of hydrogen-bond acceptors (Lipinski definition) is 6. The molecule has 1 aromatic rings. The number of nitrogens with one attached hydrogen (secondary N) is 2. The van der Waals surface area contributed by atoms with E-state index < -0.39 is 0 Å². The first-order valence-electron chi connectivity index (χ1n) is 7.43. The second-order valence-corrected chi connectivity index (χ2v) is 5.43. The molecule has 0 saturated carbocycles. The van der Waals surface area contributed by atoms with E-state index in [4.69, 9.17) is 9.47 Å². The minimum Gasteiger partial charge on any atom is -0.465 e. The summed E-state index contributed by atoms with van der Waals surface area (Å²) in [5.74, 6) is 0.338. The number of carbonyl (C=O) groups is 1. The van der Waals surface area contributed by atoms with Gasteiger partial charge in [0.25, 0.3) is 0 Å². The highest BCUT2D eigenvalue weighted by molar-refractivity contribution is 5.96. The quantitative estimate of drug-likeness (QED) is 0.820. The lowest BCUT2D eigenvalue weighted by molar-refractivity contribution is 0.0599. The van der Waals surface area contributed by atoms with E-state index in [1.807, 2.05) is 6.20 Å². The van der Waals surface area contributed by atoms with Crippen LogP contribution in [0, 0.1) is 0 Å². The fraction of sp³-hybridized carbons (Fsp3) is 0.600. The minimum atomic E-state index is -0.309. The molecule has 2 N–H and O–H groups in total. The van der Waals surface area contributed by atoms with E-state index in [0.29, 0.717) is 17.4 Å². The largest absolute Gasteiger partial charge is 0.465 e. The Kier molecular flexibility index (Phi) is 5.99. The zero-order valence-electron chi connectivity index (χ0n) is 12.7. The van der Waals surface area contributed by atoms with Crippen LogP contribution >= 0.6 is 12.4 Å². The smallest absolute Gasteiger partial charge is 0.341 e. The van der Waals surface area contributed by atoms with Crippen LogP contribution in [0.25, 0.3) is 0 Å². The first kappa shape index (κ1) is 17.0. The molecule has 0 aromatic carbocycles. The summed E-state index contributed by atoms with van der Waals surface area (Å²) in [6.45, 7) is 3.13. The Morgan fingerprint density at radius 3 is 2.95 bits per heavy atom. The van der Waals surface area contributed by atoms with Gasteiger partial charge in [0.15, 0.2) is 0 Å². The van der Waals surface area contributed by atoms with Crippen molar-refractivity contribution in [3.8, 4) is 0 Å². The zero-order chi connectivity index (χ0) is 14.7. The Morgan fingerprint density at radius 2 is 2.23 bits per heavy atom. The van der Waals surface area contributed by atoms with Gasteiger partial charge < -0.3 is 20.1 Å². The Labute approximate surface area is 136 Å². The van der Waals surface area contributed by atoms with Crippen LogP contribution < -0.4 is 10.6 Å². The van der Waals surface area contributed by atoms with Gasteiger partial charge in [-0.15, -0.1) is 12.4 Å². The van der Waals surface area contributed by atoms with Crippen LogP contribution in [-0.4, -0.2) is 43.9 Å². The number of pyridine rings is 1. The first-order valence-corrected chi connectivity index (χ1v) is 7.43. The molecule has 0 atom stereocenters. The van der Waals surface area contributed by atoms with Gasteiger partial charge in [0.1, 0.15) is 11.4 Å². The van der Waals surface area contributed by atoms with E-state index in [1.165, 1.54) is 7.11 Å². The highest BCUT2D eigenvalue weighted by Gasteiger charge is 2.25. The predicted molar refractivity (Wildman–Crippen MR) is 85.7 cm³/mol. The van der Waals surface area contributed by atoms with Crippen LogP contribution in [0.15, 0.2) is 6.20 Å². The molecule has 0 radical (unpaired) electrons. The fourth-order valence-electron chi connectivity index (χ4n) is 2.93. The van der Waals surface area contributed by atoms with Crippen molar-refractivity contribution >= 4 is 24.2 Å². The number of methoxy groups -OCH3 is 1. The van der Waals surface area contributed by atoms with Crippen molar-refractivity contribution in [1.82, 2.24) is 10.3 Å². The summed E-state index contributed by atoms with van der Waals surface area (Å²) >= 11 is 0. The maximum absolute atomic E-state index is 12.2. The topological polar surface area (TPSA) is 72.5 Å². The van der Waals surface area contributed by atoms with Crippen LogP contribution in [0.4, 0.5) is 5.82 Å². The molecule has 0 aliphatic carbocycles. The standard InChI is InChI=1S/C15H21N3O3.ClH/c1-20-15(19)13-12-2-5-16-8-10(12)9-17-14(13)18-11-3-6-21-7-4-11;/h9,11,16H,2-8H2,1H3,(H,17,18);1H. The van der Waals surface area contributed by atoms with E-state index >= 15 is 0 Å². The van der Waals surface area contributed by atoms with Gasteiger partial charge in [0.2, 0.25) is 0 Å². The molecule has 1 saturated heterocycles. The minimum absolute atomic E-state index is 0. The Bertz CT molecular complexity index is 533. The molecular weight excluding hydrogens is 306 g/mol. The Balaban J connectivity index is 0.00000176. The predicted octanol–water partition coefficient (Wildman–Crippen LogP) is 1.53. The van der Waals surface area contributed by atoms with Gasteiger partial charge in [-0.05, 0) is 36.9 Å². The van der Waals surface area contributed by atoms with Crippen molar-refractivity contribution in [3.63, 3.8) is 0 Å². The van der Waals surface area contributed by atoms with Gasteiger partial charge in [0, 0.05) is 32.0 Å². The Hall–Kier alpha value is -1.37. The van der Waals surface area contributed by atoms with E-state index in [9.17, 15) is 4.79 Å². The summed E-state index contributed by atoms with van der Waals surface area (Å²) in [6.07, 6.45) is 4.54.